The van der Waals surface area contributed by atoms with Gasteiger partial charge < -0.3 is 14.6 Å². The van der Waals surface area contributed by atoms with Gasteiger partial charge >= 0.3 is 0 Å². The number of hydrogen-bond acceptors (Lipinski definition) is 7. The minimum Gasteiger partial charge on any atom is -0.493 e. The molecular formula is C25H34N6O4. The summed E-state index contributed by atoms with van der Waals surface area (Å²) in [6.07, 6.45) is 3.99. The van der Waals surface area contributed by atoms with Crippen LogP contribution in [0.3, 0.4) is 0 Å². The SMILES string of the molecule is CCOc1ccc(CC2CCN(CCC(=O)NO)CC2)cc1-c1nc2c(CC)nn(C)c2c(=O)[nH]1. The summed E-state index contributed by atoms with van der Waals surface area (Å²) < 4.78 is 7.47. The van der Waals surface area contributed by atoms with Gasteiger partial charge in [0.15, 0.2) is 5.52 Å². The van der Waals surface area contributed by atoms with E-state index in [1.54, 1.807) is 17.2 Å². The van der Waals surface area contributed by atoms with E-state index in [2.05, 4.69) is 27.1 Å². The Bertz CT molecular complexity index is 1240. The molecule has 0 atom stereocenters. The van der Waals surface area contributed by atoms with Gasteiger partial charge in [0.25, 0.3) is 5.56 Å². The summed E-state index contributed by atoms with van der Waals surface area (Å²) in [7, 11) is 1.76. The van der Waals surface area contributed by atoms with Crippen molar-refractivity contribution in [2.75, 3.05) is 26.2 Å². The van der Waals surface area contributed by atoms with E-state index in [1.165, 1.54) is 5.56 Å². The van der Waals surface area contributed by atoms with Gasteiger partial charge in [-0.3, -0.25) is 19.5 Å². The van der Waals surface area contributed by atoms with Crippen LogP contribution in [0.15, 0.2) is 23.0 Å². The molecule has 0 spiro atoms. The number of benzene rings is 1. The number of likely N-dealkylation sites (tertiary alicyclic amines) is 1. The largest absolute Gasteiger partial charge is 0.493 e. The molecule has 3 N–H and O–H groups in total. The molecule has 1 aliphatic rings. The van der Waals surface area contributed by atoms with E-state index in [1.807, 2.05) is 19.9 Å². The van der Waals surface area contributed by atoms with Crippen LogP contribution < -0.4 is 15.8 Å². The number of carbonyl (C=O) groups excluding carboxylic acids is 1. The molecule has 1 saturated heterocycles. The molecular weight excluding hydrogens is 448 g/mol. The third-order valence-corrected chi connectivity index (χ3v) is 6.71. The maximum Gasteiger partial charge on any atom is 0.277 e. The molecule has 1 amide bonds. The lowest BCUT2D eigenvalue weighted by atomic mass is 9.89. The number of aromatic amines is 1. The normalized spacial score (nSPS) is 15.0. The molecule has 2 aromatic heterocycles. The van der Waals surface area contributed by atoms with E-state index in [0.29, 0.717) is 54.5 Å². The number of nitrogens with one attached hydrogen (secondary N) is 2. The Morgan fingerprint density at radius 1 is 1.29 bits per heavy atom. The van der Waals surface area contributed by atoms with Crippen molar-refractivity contribution in [3.8, 4) is 17.1 Å². The molecule has 3 aromatic rings. The number of H-pyrrole nitrogens is 1. The average Bonchev–Trinajstić information content (AvgIpc) is 3.20. The van der Waals surface area contributed by atoms with Crippen LogP contribution in [0.2, 0.25) is 0 Å². The third-order valence-electron chi connectivity index (χ3n) is 6.71. The first-order valence-corrected chi connectivity index (χ1v) is 12.3. The van der Waals surface area contributed by atoms with E-state index in [9.17, 15) is 9.59 Å². The van der Waals surface area contributed by atoms with Crippen molar-refractivity contribution in [1.82, 2.24) is 30.1 Å². The highest BCUT2D eigenvalue weighted by atomic mass is 16.5. The summed E-state index contributed by atoms with van der Waals surface area (Å²) in [5, 5.41) is 13.1. The number of piperidine rings is 1. The van der Waals surface area contributed by atoms with Crippen molar-refractivity contribution < 1.29 is 14.7 Å². The molecule has 0 saturated carbocycles. The van der Waals surface area contributed by atoms with Crippen molar-refractivity contribution in [3.63, 3.8) is 0 Å². The second-order valence-electron chi connectivity index (χ2n) is 9.07. The number of aromatic nitrogens is 4. The van der Waals surface area contributed by atoms with Gasteiger partial charge in [-0.25, -0.2) is 10.5 Å². The second kappa shape index (κ2) is 11.0. The van der Waals surface area contributed by atoms with Crippen molar-refractivity contribution >= 4 is 16.9 Å². The topological polar surface area (TPSA) is 125 Å². The van der Waals surface area contributed by atoms with Crippen LogP contribution in [0.5, 0.6) is 5.75 Å². The first kappa shape index (κ1) is 24.9. The molecule has 1 fully saturated rings. The minimum atomic E-state index is -0.351. The minimum absolute atomic E-state index is 0.213. The van der Waals surface area contributed by atoms with Gasteiger partial charge in [0.1, 0.15) is 17.1 Å². The van der Waals surface area contributed by atoms with E-state index in [4.69, 9.17) is 14.9 Å². The van der Waals surface area contributed by atoms with Gasteiger partial charge in [0.05, 0.1) is 17.9 Å². The number of fused-ring (bicyclic) bond motifs is 1. The fourth-order valence-electron chi connectivity index (χ4n) is 4.85. The van der Waals surface area contributed by atoms with E-state index in [0.717, 1.165) is 43.6 Å². The zero-order chi connectivity index (χ0) is 24.9. The lowest BCUT2D eigenvalue weighted by Crippen LogP contribution is -2.36. The molecule has 10 heteroatoms. The quantitative estimate of drug-likeness (QED) is 0.316. The molecule has 188 valence electrons. The molecule has 1 aromatic carbocycles. The monoisotopic (exact) mass is 482 g/mol. The van der Waals surface area contributed by atoms with E-state index < -0.39 is 0 Å². The van der Waals surface area contributed by atoms with Gasteiger partial charge in [-0.1, -0.05) is 13.0 Å². The molecule has 0 radical (unpaired) electrons. The number of amides is 1. The highest BCUT2D eigenvalue weighted by molar-refractivity contribution is 5.79. The fraction of sp³-hybridized carbons (Fsp3) is 0.520. The summed E-state index contributed by atoms with van der Waals surface area (Å²) >= 11 is 0. The smallest absolute Gasteiger partial charge is 0.277 e. The van der Waals surface area contributed by atoms with Crippen molar-refractivity contribution in [2.24, 2.45) is 13.0 Å². The van der Waals surface area contributed by atoms with Crippen molar-refractivity contribution in [1.29, 1.82) is 0 Å². The Labute approximate surface area is 204 Å². The molecule has 0 unspecified atom stereocenters. The lowest BCUT2D eigenvalue weighted by Gasteiger charge is -2.31. The molecule has 0 bridgehead atoms. The average molecular weight is 483 g/mol. The zero-order valence-electron chi connectivity index (χ0n) is 20.6. The molecule has 10 nitrogen and oxygen atoms in total. The highest BCUT2D eigenvalue weighted by Gasteiger charge is 2.22. The van der Waals surface area contributed by atoms with Crippen LogP contribution >= 0.6 is 0 Å². The van der Waals surface area contributed by atoms with Gasteiger partial charge in [0.2, 0.25) is 5.91 Å². The van der Waals surface area contributed by atoms with Crippen LogP contribution in [0.4, 0.5) is 0 Å². The Morgan fingerprint density at radius 3 is 2.74 bits per heavy atom. The Kier molecular flexibility index (Phi) is 7.82. The summed E-state index contributed by atoms with van der Waals surface area (Å²) in [5.41, 5.74) is 5.33. The number of rotatable bonds is 9. The molecule has 0 aliphatic carbocycles. The number of aryl methyl sites for hydroxylation is 2. The Hall–Kier alpha value is -3.24. The Morgan fingerprint density at radius 2 is 2.06 bits per heavy atom. The van der Waals surface area contributed by atoms with Crippen LogP contribution in [0.25, 0.3) is 22.4 Å². The zero-order valence-corrected chi connectivity index (χ0v) is 20.6. The fourth-order valence-corrected chi connectivity index (χ4v) is 4.85. The predicted octanol–water partition coefficient (Wildman–Crippen LogP) is 2.43. The van der Waals surface area contributed by atoms with Crippen molar-refractivity contribution in [2.45, 2.75) is 46.0 Å². The molecule has 4 rings (SSSR count). The third kappa shape index (κ3) is 5.54. The van der Waals surface area contributed by atoms with Crippen molar-refractivity contribution in [3.05, 3.63) is 39.8 Å². The van der Waals surface area contributed by atoms with Gasteiger partial charge in [-0.05, 0) is 69.3 Å². The van der Waals surface area contributed by atoms with Gasteiger partial charge in [-0.2, -0.15) is 5.10 Å². The number of hydroxylamine groups is 1. The summed E-state index contributed by atoms with van der Waals surface area (Å²) in [5.74, 6) is 1.37. The van der Waals surface area contributed by atoms with Crippen LogP contribution in [0.1, 0.15) is 44.4 Å². The summed E-state index contributed by atoms with van der Waals surface area (Å²) in [4.78, 5) is 34.2. The highest BCUT2D eigenvalue weighted by Crippen LogP contribution is 2.31. The second-order valence-corrected chi connectivity index (χ2v) is 9.07. The summed E-state index contributed by atoms with van der Waals surface area (Å²) in [6.45, 7) is 6.97. The first-order valence-electron chi connectivity index (χ1n) is 12.3. The van der Waals surface area contributed by atoms with E-state index >= 15 is 0 Å². The lowest BCUT2D eigenvalue weighted by molar-refractivity contribution is -0.129. The summed E-state index contributed by atoms with van der Waals surface area (Å²) in [6, 6.07) is 6.13. The van der Waals surface area contributed by atoms with E-state index in [-0.39, 0.29) is 11.5 Å². The van der Waals surface area contributed by atoms with Gasteiger partial charge in [-0.15, -0.1) is 0 Å². The standard InChI is InChI=1S/C25H34N6O4/c1-4-19-22-23(30(3)28-19)25(33)27-24(26-22)18-15-17(6-7-20(18)35-5-2)14-16-8-11-31(12-9-16)13-10-21(32)29-34/h6-7,15-16,34H,4-5,8-14H2,1-3H3,(H,29,32)(H,26,27,33). The number of nitrogens with zero attached hydrogens (tertiary/aromatic N) is 4. The van der Waals surface area contributed by atoms with Crippen LogP contribution in [-0.4, -0.2) is 62.0 Å². The maximum absolute atomic E-state index is 12.9. The number of carbonyl (C=O) groups is 1. The van der Waals surface area contributed by atoms with Crippen LogP contribution in [-0.2, 0) is 24.7 Å². The molecule has 3 heterocycles. The van der Waals surface area contributed by atoms with Crippen LogP contribution in [0, 0.1) is 5.92 Å². The molecule has 35 heavy (non-hydrogen) atoms. The number of ether oxygens (including phenoxy) is 1. The predicted molar refractivity (Wildman–Crippen MR) is 133 cm³/mol. The number of hydrogen-bond donors (Lipinski definition) is 3. The Balaban J connectivity index is 1.55. The molecule has 1 aliphatic heterocycles. The first-order chi connectivity index (χ1) is 16.9. The maximum atomic E-state index is 12.9. The van der Waals surface area contributed by atoms with Gasteiger partial charge in [0, 0.05) is 20.0 Å².